The normalized spacial score (nSPS) is 11.5. The van der Waals surface area contributed by atoms with Gasteiger partial charge in [0.15, 0.2) is 0 Å². The van der Waals surface area contributed by atoms with Gasteiger partial charge in [-0.3, -0.25) is 0 Å². The highest BCUT2D eigenvalue weighted by Crippen LogP contribution is 2.49. The Bertz CT molecular complexity index is 3600. The van der Waals surface area contributed by atoms with Crippen molar-refractivity contribution in [3.8, 4) is 55.6 Å². The van der Waals surface area contributed by atoms with Crippen LogP contribution in [-0.2, 0) is 0 Å². The first-order valence-electron chi connectivity index (χ1n) is 21.4. The summed E-state index contributed by atoms with van der Waals surface area (Å²) in [7, 11) is 0. The zero-order valence-electron chi connectivity index (χ0n) is 34.3. The van der Waals surface area contributed by atoms with Gasteiger partial charge in [-0.15, -0.1) is 11.3 Å². The minimum Gasteiger partial charge on any atom is -0.456 e. The Kier molecular flexibility index (Phi) is 9.06. The van der Waals surface area contributed by atoms with E-state index in [9.17, 15) is 0 Å². The third-order valence-corrected chi connectivity index (χ3v) is 13.5. The summed E-state index contributed by atoms with van der Waals surface area (Å²) in [5.74, 6) is 0. The SMILES string of the molecule is c1ccc(-c2ccccc2-c2c(-c3ccccc3)cccc2N(c2ccc(-c3ccc4c(c3)oc3ccccc34)cc2)c2ccc(-c3cccc4c3sc3ccccc34)cc2)cc1. The molecule has 296 valence electrons. The molecule has 0 radical (unpaired) electrons. The zero-order valence-corrected chi connectivity index (χ0v) is 35.1. The molecule has 0 unspecified atom stereocenters. The fraction of sp³-hybridized carbons (Fsp3) is 0. The summed E-state index contributed by atoms with van der Waals surface area (Å²) in [5, 5.41) is 4.88. The number of anilines is 3. The van der Waals surface area contributed by atoms with Gasteiger partial charge in [0.2, 0.25) is 0 Å². The van der Waals surface area contributed by atoms with E-state index in [1.165, 1.54) is 64.7 Å². The highest BCUT2D eigenvalue weighted by Gasteiger charge is 2.23. The molecular formula is C60H39NOS. The molecule has 10 aromatic carbocycles. The van der Waals surface area contributed by atoms with E-state index >= 15 is 0 Å². The summed E-state index contributed by atoms with van der Waals surface area (Å²) < 4.78 is 8.93. The van der Waals surface area contributed by atoms with Gasteiger partial charge in [0.1, 0.15) is 11.2 Å². The van der Waals surface area contributed by atoms with E-state index in [-0.39, 0.29) is 0 Å². The number of fused-ring (bicyclic) bond motifs is 6. The van der Waals surface area contributed by atoms with Crippen LogP contribution in [0.3, 0.4) is 0 Å². The lowest BCUT2D eigenvalue weighted by atomic mass is 9.87. The molecular weight excluding hydrogens is 783 g/mol. The standard InChI is InChI=1S/C60H39NOS/c1-3-15-41(16-4-1)47-19-7-8-22-53(47)59-48(42-17-5-2-6-18-42)23-14-26-55(59)61(45-34-29-40(30-35-45)44-33-38-51-50-20-9-11-27-56(50)62-57(51)39-44)46-36-31-43(32-37-46)49-24-13-25-54-52-21-10-12-28-58(52)63-60(49)54/h1-39H. The van der Waals surface area contributed by atoms with E-state index in [0.717, 1.165) is 50.1 Å². The van der Waals surface area contributed by atoms with Crippen molar-refractivity contribution >= 4 is 70.5 Å². The fourth-order valence-corrected chi connectivity index (χ4v) is 10.6. The van der Waals surface area contributed by atoms with Crippen molar-refractivity contribution in [2.45, 2.75) is 0 Å². The van der Waals surface area contributed by atoms with Crippen LogP contribution in [0, 0.1) is 0 Å². The smallest absolute Gasteiger partial charge is 0.136 e. The molecule has 0 N–H and O–H groups in total. The maximum Gasteiger partial charge on any atom is 0.136 e. The zero-order chi connectivity index (χ0) is 41.7. The van der Waals surface area contributed by atoms with Crippen LogP contribution >= 0.6 is 11.3 Å². The highest BCUT2D eigenvalue weighted by molar-refractivity contribution is 7.26. The van der Waals surface area contributed by atoms with Crippen molar-refractivity contribution in [1.29, 1.82) is 0 Å². The number of para-hydroxylation sites is 1. The number of hydrogen-bond donors (Lipinski definition) is 0. The van der Waals surface area contributed by atoms with Gasteiger partial charge < -0.3 is 9.32 Å². The molecule has 2 heterocycles. The van der Waals surface area contributed by atoms with Gasteiger partial charge >= 0.3 is 0 Å². The Balaban J connectivity index is 1.04. The molecule has 0 saturated carbocycles. The van der Waals surface area contributed by atoms with Crippen LogP contribution in [0.5, 0.6) is 0 Å². The van der Waals surface area contributed by atoms with Crippen molar-refractivity contribution < 1.29 is 4.42 Å². The van der Waals surface area contributed by atoms with Gasteiger partial charge in [0.25, 0.3) is 0 Å². The van der Waals surface area contributed by atoms with Gasteiger partial charge in [-0.2, -0.15) is 0 Å². The van der Waals surface area contributed by atoms with E-state index in [2.05, 4.69) is 229 Å². The molecule has 0 amide bonds. The first kappa shape index (κ1) is 36.8. The number of hydrogen-bond acceptors (Lipinski definition) is 3. The van der Waals surface area contributed by atoms with E-state index in [1.807, 2.05) is 23.5 Å². The maximum absolute atomic E-state index is 6.31. The van der Waals surface area contributed by atoms with Crippen molar-refractivity contribution in [2.24, 2.45) is 0 Å². The predicted molar refractivity (Wildman–Crippen MR) is 268 cm³/mol. The third-order valence-electron chi connectivity index (χ3n) is 12.3. The number of thiophene rings is 1. The third kappa shape index (κ3) is 6.50. The summed E-state index contributed by atoms with van der Waals surface area (Å²) in [4.78, 5) is 2.43. The molecule has 3 heteroatoms. The lowest BCUT2D eigenvalue weighted by Crippen LogP contribution is -2.12. The van der Waals surface area contributed by atoms with Gasteiger partial charge in [-0.25, -0.2) is 0 Å². The summed E-state index contributed by atoms with van der Waals surface area (Å²) in [6.45, 7) is 0. The molecule has 2 nitrogen and oxygen atoms in total. The average molecular weight is 822 g/mol. The van der Waals surface area contributed by atoms with Crippen LogP contribution in [0.25, 0.3) is 97.7 Å². The Labute approximate surface area is 370 Å². The second-order valence-electron chi connectivity index (χ2n) is 16.0. The summed E-state index contributed by atoms with van der Waals surface area (Å²) in [5.41, 5.74) is 16.8. The maximum atomic E-state index is 6.31. The molecule has 0 aliphatic heterocycles. The van der Waals surface area contributed by atoms with Crippen molar-refractivity contribution in [3.63, 3.8) is 0 Å². The predicted octanol–water partition coefficient (Wildman–Crippen LogP) is 17.8. The molecule has 12 rings (SSSR count). The van der Waals surface area contributed by atoms with Gasteiger partial charge in [-0.05, 0) is 105 Å². The lowest BCUT2D eigenvalue weighted by molar-refractivity contribution is 0.669. The van der Waals surface area contributed by atoms with Crippen LogP contribution in [0.15, 0.2) is 241 Å². The summed E-state index contributed by atoms with van der Waals surface area (Å²) >= 11 is 1.87. The number of benzene rings is 10. The first-order valence-corrected chi connectivity index (χ1v) is 22.2. The average Bonchev–Trinajstić information content (AvgIpc) is 3.93. The highest BCUT2D eigenvalue weighted by atomic mass is 32.1. The van der Waals surface area contributed by atoms with Gasteiger partial charge in [0.05, 0.1) is 5.69 Å². The monoisotopic (exact) mass is 821 g/mol. The molecule has 0 bridgehead atoms. The topological polar surface area (TPSA) is 16.4 Å². The van der Waals surface area contributed by atoms with E-state index < -0.39 is 0 Å². The van der Waals surface area contributed by atoms with E-state index in [1.54, 1.807) is 0 Å². The van der Waals surface area contributed by atoms with Gasteiger partial charge in [-0.1, -0.05) is 182 Å². The van der Waals surface area contributed by atoms with Crippen LogP contribution in [0.1, 0.15) is 0 Å². The number of rotatable bonds is 8. The minimum absolute atomic E-state index is 0.894. The Hall–Kier alpha value is -7.98. The Morgan fingerprint density at radius 2 is 0.841 bits per heavy atom. The van der Waals surface area contributed by atoms with Crippen LogP contribution < -0.4 is 4.90 Å². The molecule has 63 heavy (non-hydrogen) atoms. The summed E-state index contributed by atoms with van der Waals surface area (Å²) in [6.07, 6.45) is 0. The number of furan rings is 1. The molecule has 0 atom stereocenters. The Morgan fingerprint density at radius 1 is 0.317 bits per heavy atom. The second-order valence-corrected chi connectivity index (χ2v) is 17.0. The second kappa shape index (κ2) is 15.5. The molecule has 0 aliphatic rings. The molecule has 0 spiro atoms. The quantitative estimate of drug-likeness (QED) is 0.152. The van der Waals surface area contributed by atoms with Crippen LogP contribution in [-0.4, -0.2) is 0 Å². The van der Waals surface area contributed by atoms with Gasteiger partial charge in [0, 0.05) is 47.9 Å². The summed E-state index contributed by atoms with van der Waals surface area (Å²) in [6, 6.07) is 85.5. The first-order chi connectivity index (χ1) is 31.2. The van der Waals surface area contributed by atoms with Crippen molar-refractivity contribution in [3.05, 3.63) is 237 Å². The minimum atomic E-state index is 0.894. The Morgan fingerprint density at radius 3 is 1.60 bits per heavy atom. The molecule has 2 aromatic heterocycles. The molecule has 0 saturated heterocycles. The molecule has 0 fully saturated rings. The molecule has 0 aliphatic carbocycles. The van der Waals surface area contributed by atoms with Crippen LogP contribution in [0.4, 0.5) is 17.1 Å². The fourth-order valence-electron chi connectivity index (χ4n) is 9.34. The molecule has 12 aromatic rings. The number of nitrogens with zero attached hydrogens (tertiary/aromatic N) is 1. The van der Waals surface area contributed by atoms with Crippen LogP contribution in [0.2, 0.25) is 0 Å². The van der Waals surface area contributed by atoms with Crippen molar-refractivity contribution in [1.82, 2.24) is 0 Å². The largest absolute Gasteiger partial charge is 0.456 e. The van der Waals surface area contributed by atoms with Crippen molar-refractivity contribution in [2.75, 3.05) is 4.90 Å². The van der Waals surface area contributed by atoms with E-state index in [0.29, 0.717) is 0 Å². The lowest BCUT2D eigenvalue weighted by Gasteiger charge is -2.30. The van der Waals surface area contributed by atoms with E-state index in [4.69, 9.17) is 4.42 Å².